The van der Waals surface area contributed by atoms with Crippen molar-refractivity contribution in [3.63, 3.8) is 0 Å². The Balaban J connectivity index is 1.28. The second kappa shape index (κ2) is 14.7. The van der Waals surface area contributed by atoms with Gasteiger partial charge in [0.15, 0.2) is 0 Å². The van der Waals surface area contributed by atoms with Gasteiger partial charge in [0.05, 0.1) is 35.5 Å². The molecule has 0 bridgehead atoms. The minimum Gasteiger partial charge on any atom is -0.481 e. The van der Waals surface area contributed by atoms with Crippen LogP contribution in [0.2, 0.25) is 10.0 Å². The summed E-state index contributed by atoms with van der Waals surface area (Å²) in [5.41, 5.74) is 5.44. The van der Waals surface area contributed by atoms with Crippen LogP contribution in [-0.4, -0.2) is 74.5 Å². The number of carbonyl (C=O) groups excluding carboxylic acids is 1. The normalized spacial score (nSPS) is 15.3. The summed E-state index contributed by atoms with van der Waals surface area (Å²) in [7, 11) is 5.16. The number of halogens is 2. The number of rotatable bonds is 12. The molecule has 1 aliphatic heterocycles. The molecule has 49 heavy (non-hydrogen) atoms. The highest BCUT2D eigenvalue weighted by molar-refractivity contribution is 6.39. The molecule has 5 aromatic rings. The average Bonchev–Trinajstić information content (AvgIpc) is 3.69. The van der Waals surface area contributed by atoms with Crippen LogP contribution in [0, 0.1) is 0 Å². The van der Waals surface area contributed by atoms with Crippen LogP contribution in [0.4, 0.5) is 0 Å². The lowest BCUT2D eigenvalue weighted by atomic mass is 9.97. The number of likely N-dealkylation sites (N-methyl/N-ethyl adjacent to an activating group) is 1. The Morgan fingerprint density at radius 1 is 1.08 bits per heavy atom. The molecule has 0 aliphatic carbocycles. The number of fused-ring (bicyclic) bond motifs is 1. The molecule has 2 atom stereocenters. The number of nitrogens with zero attached hydrogens (tertiary/aromatic N) is 5. The number of hydrogen-bond donors (Lipinski definition) is 3. The lowest BCUT2D eigenvalue weighted by Gasteiger charge is -2.19. The predicted octanol–water partition coefficient (Wildman–Crippen LogP) is 4.93. The van der Waals surface area contributed by atoms with E-state index in [2.05, 4.69) is 10.6 Å². The first kappa shape index (κ1) is 34.6. The first-order valence-electron chi connectivity index (χ1n) is 16.1. The van der Waals surface area contributed by atoms with Crippen molar-refractivity contribution in [2.24, 2.45) is 7.05 Å². The maximum atomic E-state index is 13.3. The summed E-state index contributed by atoms with van der Waals surface area (Å²) >= 11 is 14.2. The molecule has 0 spiro atoms. The summed E-state index contributed by atoms with van der Waals surface area (Å²) in [6.07, 6.45) is 2.69. The monoisotopic (exact) mass is 703 g/mol. The zero-order valence-electron chi connectivity index (χ0n) is 27.8. The molecule has 1 fully saturated rings. The van der Waals surface area contributed by atoms with Gasteiger partial charge in [0, 0.05) is 78.7 Å². The van der Waals surface area contributed by atoms with Gasteiger partial charge in [-0.2, -0.15) is 5.10 Å². The number of benzene rings is 2. The first-order chi connectivity index (χ1) is 23.5. The van der Waals surface area contributed by atoms with Gasteiger partial charge in [-0.3, -0.25) is 19.1 Å². The number of ether oxygens (including phenoxy) is 1. The van der Waals surface area contributed by atoms with Gasteiger partial charge in [-0.05, 0) is 32.5 Å². The fourth-order valence-electron chi connectivity index (χ4n) is 6.26. The predicted molar refractivity (Wildman–Crippen MR) is 192 cm³/mol. The molecule has 1 saturated heterocycles. The maximum absolute atomic E-state index is 13.3. The fourth-order valence-corrected chi connectivity index (χ4v) is 6.92. The molecule has 11 nitrogen and oxygen atoms in total. The molecule has 4 heterocycles. The Morgan fingerprint density at radius 2 is 1.78 bits per heavy atom. The average molecular weight is 705 g/mol. The van der Waals surface area contributed by atoms with Crippen molar-refractivity contribution in [3.05, 3.63) is 92.6 Å². The van der Waals surface area contributed by atoms with Crippen molar-refractivity contribution < 1.29 is 14.6 Å². The number of amides is 1. The van der Waals surface area contributed by atoms with E-state index in [0.717, 1.165) is 39.8 Å². The summed E-state index contributed by atoms with van der Waals surface area (Å²) in [5.74, 6) is 1.15. The Morgan fingerprint density at radius 3 is 2.45 bits per heavy atom. The van der Waals surface area contributed by atoms with Gasteiger partial charge >= 0.3 is 0 Å². The molecular formula is C36H39Cl2N7O4. The van der Waals surface area contributed by atoms with E-state index in [9.17, 15) is 14.7 Å². The van der Waals surface area contributed by atoms with E-state index in [1.165, 1.54) is 4.57 Å². The minimum absolute atomic E-state index is 0.0914. The zero-order valence-corrected chi connectivity index (χ0v) is 29.3. The van der Waals surface area contributed by atoms with Crippen LogP contribution >= 0.6 is 23.2 Å². The van der Waals surface area contributed by atoms with Gasteiger partial charge < -0.3 is 20.5 Å². The topological polar surface area (TPSA) is 126 Å². The highest BCUT2D eigenvalue weighted by atomic mass is 35.5. The van der Waals surface area contributed by atoms with Gasteiger partial charge in [-0.15, -0.1) is 0 Å². The van der Waals surface area contributed by atoms with Gasteiger partial charge in [-0.25, -0.2) is 9.50 Å². The van der Waals surface area contributed by atoms with Crippen molar-refractivity contribution in [2.75, 3.05) is 27.2 Å². The van der Waals surface area contributed by atoms with Crippen LogP contribution < -0.4 is 20.9 Å². The van der Waals surface area contributed by atoms with Crippen LogP contribution in [0.1, 0.15) is 31.2 Å². The van der Waals surface area contributed by atoms with E-state index < -0.39 is 6.10 Å². The van der Waals surface area contributed by atoms with Crippen molar-refractivity contribution in [3.8, 4) is 39.4 Å². The minimum atomic E-state index is -0.501. The molecule has 3 N–H and O–H groups in total. The fraction of sp³-hybridized carbons (Fsp3) is 0.333. The number of aromatic nitrogens is 4. The number of aliphatic hydroxyl groups excluding tert-OH is 1. The van der Waals surface area contributed by atoms with Crippen LogP contribution in [-0.2, 0) is 24.9 Å². The highest BCUT2D eigenvalue weighted by Gasteiger charge is 2.21. The van der Waals surface area contributed by atoms with Gasteiger partial charge in [0.25, 0.3) is 5.56 Å². The zero-order chi connectivity index (χ0) is 34.8. The SMILES string of the molecule is COc1nc(-c2cccc(-c3cccc(-c4cc5c(=O)n(C)c(CN(C)CC(C)O)nn5c4)c3Cl)c2Cl)ccc1CNC[C@@H]1CCC(=O)N1. The molecule has 1 amide bonds. The van der Waals surface area contributed by atoms with Gasteiger partial charge in [0.2, 0.25) is 11.8 Å². The summed E-state index contributed by atoms with van der Waals surface area (Å²) in [5, 5.41) is 21.8. The van der Waals surface area contributed by atoms with Crippen LogP contribution in [0.3, 0.4) is 0 Å². The number of nitrogens with one attached hydrogen (secondary N) is 2. The number of pyridine rings is 1. The van der Waals surface area contributed by atoms with Crippen molar-refractivity contribution in [1.82, 2.24) is 34.7 Å². The van der Waals surface area contributed by atoms with Gasteiger partial charge in [0.1, 0.15) is 11.3 Å². The van der Waals surface area contributed by atoms with Crippen molar-refractivity contribution in [2.45, 2.75) is 45.0 Å². The van der Waals surface area contributed by atoms with E-state index in [-0.39, 0.29) is 17.5 Å². The van der Waals surface area contributed by atoms with E-state index in [0.29, 0.717) is 65.6 Å². The van der Waals surface area contributed by atoms with Crippen molar-refractivity contribution >= 4 is 34.6 Å². The Hall–Kier alpha value is -4.26. The third-order valence-corrected chi connectivity index (χ3v) is 9.53. The van der Waals surface area contributed by atoms with E-state index in [1.807, 2.05) is 60.5 Å². The summed E-state index contributed by atoms with van der Waals surface area (Å²) in [6.45, 7) is 3.77. The lowest BCUT2D eigenvalue weighted by Crippen LogP contribution is -2.35. The molecule has 1 aliphatic rings. The number of carbonyl (C=O) groups is 1. The molecule has 13 heteroatoms. The summed E-state index contributed by atoms with van der Waals surface area (Å²) in [6, 6.07) is 17.3. The van der Waals surface area contributed by atoms with Crippen LogP contribution in [0.5, 0.6) is 5.88 Å². The molecule has 2 aromatic carbocycles. The molecule has 0 radical (unpaired) electrons. The highest BCUT2D eigenvalue weighted by Crippen LogP contribution is 2.42. The van der Waals surface area contributed by atoms with Crippen molar-refractivity contribution in [1.29, 1.82) is 0 Å². The quantitative estimate of drug-likeness (QED) is 0.167. The number of hydrogen-bond acceptors (Lipinski definition) is 8. The summed E-state index contributed by atoms with van der Waals surface area (Å²) in [4.78, 5) is 31.5. The Bertz CT molecular complexity index is 2080. The van der Waals surface area contributed by atoms with E-state index >= 15 is 0 Å². The molecule has 3 aromatic heterocycles. The molecule has 1 unspecified atom stereocenters. The second-order valence-electron chi connectivity index (χ2n) is 12.5. The number of aliphatic hydroxyl groups is 1. The smallest absolute Gasteiger partial charge is 0.277 e. The largest absolute Gasteiger partial charge is 0.481 e. The Kier molecular flexibility index (Phi) is 10.4. The third-order valence-electron chi connectivity index (χ3n) is 8.72. The molecule has 0 saturated carbocycles. The standard InChI is InChI=1S/C36H39Cl2N7O4/c1-21(46)18-43(2)20-31-42-45-19-23(15-30(45)36(48)44(31)3)25-7-5-8-26(33(25)37)27-9-6-10-28(34(27)38)29-13-11-22(35(41-29)49-4)16-39-17-24-12-14-32(47)40-24/h5-11,13,15,19,21,24,39,46H,12,14,16-18,20H2,1-4H3,(H,40,47)/t21?,24-/m0/s1. The van der Waals surface area contributed by atoms with E-state index in [4.69, 9.17) is 38.0 Å². The van der Waals surface area contributed by atoms with Gasteiger partial charge in [-0.1, -0.05) is 65.7 Å². The molecule has 256 valence electrons. The van der Waals surface area contributed by atoms with Crippen LogP contribution in [0.15, 0.2) is 65.6 Å². The van der Waals surface area contributed by atoms with Crippen LogP contribution in [0.25, 0.3) is 39.0 Å². The molecule has 6 rings (SSSR count). The Labute approximate surface area is 294 Å². The first-order valence-corrected chi connectivity index (χ1v) is 16.9. The summed E-state index contributed by atoms with van der Waals surface area (Å²) < 4.78 is 8.76. The third kappa shape index (κ3) is 7.36. The molecular weight excluding hydrogens is 665 g/mol. The number of methoxy groups -OCH3 is 1. The van der Waals surface area contributed by atoms with E-state index in [1.54, 1.807) is 37.9 Å². The second-order valence-corrected chi connectivity index (χ2v) is 13.3. The lowest BCUT2D eigenvalue weighted by molar-refractivity contribution is -0.119. The maximum Gasteiger partial charge on any atom is 0.277 e.